The van der Waals surface area contributed by atoms with Gasteiger partial charge in [-0.1, -0.05) is 146 Å². The van der Waals surface area contributed by atoms with E-state index in [0.29, 0.717) is 55.6 Å². The summed E-state index contributed by atoms with van der Waals surface area (Å²) in [6.45, 7) is 3.39. The second-order valence-corrected chi connectivity index (χ2v) is 17.5. The lowest BCUT2D eigenvalue weighted by Gasteiger charge is -2.37. The molecule has 63 heavy (non-hydrogen) atoms. The molecular weight excluding hydrogens is 792 g/mol. The van der Waals surface area contributed by atoms with Gasteiger partial charge in [0.2, 0.25) is 5.91 Å². The molecule has 0 spiro atoms. The van der Waals surface area contributed by atoms with Crippen LogP contribution in [-0.2, 0) is 69.2 Å². The predicted octanol–water partition coefficient (Wildman–Crippen LogP) is 9.57. The monoisotopic (exact) mass is 842 g/mol. The Kier molecular flexibility index (Phi) is 11.3. The van der Waals surface area contributed by atoms with E-state index in [1.165, 1.54) is 0 Å². The van der Waals surface area contributed by atoms with Crippen LogP contribution in [0.3, 0.4) is 0 Å². The van der Waals surface area contributed by atoms with Crippen LogP contribution in [0.25, 0.3) is 21.8 Å². The zero-order chi connectivity index (χ0) is 43.7. The molecule has 0 fully saturated rings. The Labute approximate surface area is 366 Å². The number of amides is 2. The molecule has 9 rings (SSSR count). The van der Waals surface area contributed by atoms with E-state index in [1.54, 1.807) is 12.1 Å². The standard InChI is InChI=1S/C53H51FN4O5/c1-3-53(50(61)55-49(37-19-9-5-10-20-37)38-21-11-6-12-22-38)30-28-46-42(32-53)40-24-14-16-26-44(40)57(46)35-48(60)63-47(59)34-56-43-25-15-13-23-39(43)41-31-52(2,29-27-45(41)56)51(62)58(54)33-36-17-7-4-8-18-36/h4-26,49H,3,27-35H2,1-2H3,(H,55,61). The Balaban J connectivity index is 0.918. The fourth-order valence-corrected chi connectivity index (χ4v) is 10.2. The van der Waals surface area contributed by atoms with E-state index in [0.717, 1.165) is 55.4 Å². The molecule has 7 aromatic rings. The highest BCUT2D eigenvalue weighted by Crippen LogP contribution is 2.44. The van der Waals surface area contributed by atoms with Crippen LogP contribution in [0, 0.1) is 10.8 Å². The van der Waals surface area contributed by atoms with E-state index < -0.39 is 28.7 Å². The van der Waals surface area contributed by atoms with Crippen LogP contribution in [-0.4, -0.2) is 38.0 Å². The van der Waals surface area contributed by atoms with Crippen LogP contribution in [0.5, 0.6) is 0 Å². The fourth-order valence-electron chi connectivity index (χ4n) is 10.2. The molecule has 2 heterocycles. The van der Waals surface area contributed by atoms with Gasteiger partial charge in [-0.2, -0.15) is 5.12 Å². The average molecular weight is 843 g/mol. The van der Waals surface area contributed by atoms with Gasteiger partial charge >= 0.3 is 11.9 Å². The highest BCUT2D eigenvalue weighted by Gasteiger charge is 2.44. The minimum Gasteiger partial charge on any atom is -0.390 e. The van der Waals surface area contributed by atoms with E-state index in [1.807, 2.05) is 143 Å². The Morgan fingerprint density at radius 3 is 1.68 bits per heavy atom. The molecule has 0 aliphatic heterocycles. The molecular formula is C53H51FN4O5. The predicted molar refractivity (Wildman–Crippen MR) is 241 cm³/mol. The van der Waals surface area contributed by atoms with Crippen molar-refractivity contribution >= 4 is 45.6 Å². The number of para-hydroxylation sites is 2. The number of carbonyl (C=O) groups is 4. The van der Waals surface area contributed by atoms with Gasteiger partial charge in [0, 0.05) is 33.2 Å². The van der Waals surface area contributed by atoms with Gasteiger partial charge in [0.15, 0.2) is 0 Å². The summed E-state index contributed by atoms with van der Waals surface area (Å²) in [6.07, 6.45) is 3.47. The SMILES string of the molecule is CCC1(C(=O)NC(c2ccccc2)c2ccccc2)CCc2c(c3ccccc3n2CC(=O)OC(=O)Cn2c3c(c4ccccc42)CC(C)(C(=O)N(F)Cc2ccccc2)CC3)C1. The molecule has 5 aromatic carbocycles. The number of rotatable bonds is 12. The smallest absolute Gasteiger partial charge is 0.333 e. The molecule has 0 saturated heterocycles. The number of nitrogens with one attached hydrogen (secondary N) is 1. The summed E-state index contributed by atoms with van der Waals surface area (Å²) < 4.78 is 24.8. The van der Waals surface area contributed by atoms with E-state index in [2.05, 4.69) is 12.2 Å². The lowest BCUT2D eigenvalue weighted by atomic mass is 9.70. The van der Waals surface area contributed by atoms with Crippen LogP contribution >= 0.6 is 0 Å². The first kappa shape index (κ1) is 41.5. The molecule has 1 N–H and O–H groups in total. The average Bonchev–Trinajstić information content (AvgIpc) is 3.78. The first-order chi connectivity index (χ1) is 30.6. The molecule has 0 radical (unpaired) electrons. The molecule has 2 unspecified atom stereocenters. The quantitative estimate of drug-likeness (QED) is 0.0751. The molecule has 2 aromatic heterocycles. The van der Waals surface area contributed by atoms with Crippen LogP contribution < -0.4 is 5.32 Å². The summed E-state index contributed by atoms with van der Waals surface area (Å²) in [7, 11) is 0. The van der Waals surface area contributed by atoms with Gasteiger partial charge in [0.1, 0.15) is 13.1 Å². The first-order valence-electron chi connectivity index (χ1n) is 21.9. The van der Waals surface area contributed by atoms with Gasteiger partial charge in [-0.05, 0) is 84.9 Å². The van der Waals surface area contributed by atoms with E-state index in [9.17, 15) is 19.2 Å². The van der Waals surface area contributed by atoms with Crippen molar-refractivity contribution in [2.24, 2.45) is 10.8 Å². The molecule has 9 nitrogen and oxygen atoms in total. The van der Waals surface area contributed by atoms with Crippen LogP contribution in [0.4, 0.5) is 4.48 Å². The minimum atomic E-state index is -0.978. The van der Waals surface area contributed by atoms with E-state index in [4.69, 9.17) is 4.74 Å². The number of benzene rings is 5. The van der Waals surface area contributed by atoms with Gasteiger partial charge < -0.3 is 19.2 Å². The molecule has 320 valence electrons. The van der Waals surface area contributed by atoms with E-state index >= 15 is 4.48 Å². The fraction of sp³-hybridized carbons (Fsp3) is 0.283. The zero-order valence-electron chi connectivity index (χ0n) is 35.7. The molecule has 2 amide bonds. The summed E-state index contributed by atoms with van der Waals surface area (Å²) >= 11 is 0. The Bertz CT molecular complexity index is 2800. The number of carbonyl (C=O) groups excluding carboxylic acids is 4. The van der Waals surface area contributed by atoms with Crippen molar-refractivity contribution < 1.29 is 28.4 Å². The van der Waals surface area contributed by atoms with Crippen LogP contribution in [0.15, 0.2) is 140 Å². The summed E-state index contributed by atoms with van der Waals surface area (Å²) in [6, 6.07) is 44.4. The third kappa shape index (κ3) is 7.94. The number of hydrogen-bond acceptors (Lipinski definition) is 5. The highest BCUT2D eigenvalue weighted by molar-refractivity contribution is 5.93. The number of aromatic nitrogens is 2. The van der Waals surface area contributed by atoms with Crippen molar-refractivity contribution in [2.75, 3.05) is 0 Å². The molecule has 2 atom stereocenters. The maximum Gasteiger partial charge on any atom is 0.333 e. The van der Waals surface area contributed by atoms with E-state index in [-0.39, 0.29) is 31.6 Å². The van der Waals surface area contributed by atoms with Gasteiger partial charge in [-0.3, -0.25) is 9.59 Å². The number of fused-ring (bicyclic) bond motifs is 6. The number of esters is 2. The third-order valence-corrected chi connectivity index (χ3v) is 13.6. The van der Waals surface area contributed by atoms with Gasteiger partial charge in [-0.25, -0.2) is 9.59 Å². The lowest BCUT2D eigenvalue weighted by Crippen LogP contribution is -2.46. The maximum atomic E-state index is 15.4. The largest absolute Gasteiger partial charge is 0.390 e. The Morgan fingerprint density at radius 1 is 0.667 bits per heavy atom. The van der Waals surface area contributed by atoms with Crippen molar-refractivity contribution in [1.29, 1.82) is 0 Å². The Morgan fingerprint density at radius 2 is 1.14 bits per heavy atom. The van der Waals surface area contributed by atoms with Gasteiger partial charge in [0.05, 0.1) is 23.4 Å². The van der Waals surface area contributed by atoms with Crippen molar-refractivity contribution in [3.63, 3.8) is 0 Å². The number of ether oxygens (including phenoxy) is 1. The van der Waals surface area contributed by atoms with Crippen molar-refractivity contribution in [3.8, 4) is 0 Å². The highest BCUT2D eigenvalue weighted by atomic mass is 19.2. The van der Waals surface area contributed by atoms with Crippen molar-refractivity contribution in [1.82, 2.24) is 19.6 Å². The second kappa shape index (κ2) is 17.2. The summed E-state index contributed by atoms with van der Waals surface area (Å²) in [5, 5.41) is 5.61. The molecule has 2 aliphatic rings. The second-order valence-electron chi connectivity index (χ2n) is 17.5. The Hall–Kier alpha value is -6.81. The topological polar surface area (TPSA) is 103 Å². The summed E-state index contributed by atoms with van der Waals surface area (Å²) in [4.78, 5) is 55.6. The maximum absolute atomic E-state index is 15.4. The molecule has 2 aliphatic carbocycles. The number of hydrogen-bond donors (Lipinski definition) is 1. The zero-order valence-corrected chi connectivity index (χ0v) is 35.7. The number of halogens is 1. The van der Waals surface area contributed by atoms with Crippen molar-refractivity contribution in [3.05, 3.63) is 179 Å². The van der Waals surface area contributed by atoms with Gasteiger partial charge in [0.25, 0.3) is 5.91 Å². The minimum absolute atomic E-state index is 0.00131. The van der Waals surface area contributed by atoms with Crippen LogP contribution in [0.2, 0.25) is 0 Å². The normalized spacial score (nSPS) is 18.2. The summed E-state index contributed by atoms with van der Waals surface area (Å²) in [5.41, 5.74) is 6.51. The first-order valence-corrected chi connectivity index (χ1v) is 21.9. The van der Waals surface area contributed by atoms with Gasteiger partial charge in [-0.15, -0.1) is 0 Å². The van der Waals surface area contributed by atoms with Crippen molar-refractivity contribution in [2.45, 2.75) is 84.5 Å². The third-order valence-electron chi connectivity index (χ3n) is 13.6. The molecule has 0 bridgehead atoms. The van der Waals surface area contributed by atoms with Crippen LogP contribution in [0.1, 0.15) is 78.4 Å². The summed E-state index contributed by atoms with van der Waals surface area (Å²) in [5.74, 6) is -1.93. The lowest BCUT2D eigenvalue weighted by molar-refractivity contribution is -0.161. The number of nitrogens with zero attached hydrogens (tertiary/aromatic N) is 3. The molecule has 0 saturated carbocycles. The molecule has 10 heteroatoms.